The molecule has 0 bridgehead atoms. The molecular weight excluding hydrogens is 476 g/mol. The van der Waals surface area contributed by atoms with Gasteiger partial charge < -0.3 is 19.7 Å². The highest BCUT2D eigenvalue weighted by Gasteiger charge is 2.21. The van der Waals surface area contributed by atoms with Gasteiger partial charge in [0.05, 0.1) is 6.61 Å². The molecule has 0 saturated heterocycles. The molecule has 0 saturated carbocycles. The summed E-state index contributed by atoms with van der Waals surface area (Å²) in [5.41, 5.74) is 2.11. The van der Waals surface area contributed by atoms with Gasteiger partial charge in [0.25, 0.3) is 0 Å². The van der Waals surface area contributed by atoms with Crippen molar-refractivity contribution in [1.82, 2.24) is 0 Å². The molecule has 0 atom stereocenters. The van der Waals surface area contributed by atoms with Crippen LogP contribution in [0, 0.1) is 0 Å². The second-order valence-electron chi connectivity index (χ2n) is 10.9. The molecule has 1 rings (SSSR count). The van der Waals surface area contributed by atoms with Gasteiger partial charge in [-0.25, -0.2) is 4.79 Å². The molecule has 1 aromatic rings. The van der Waals surface area contributed by atoms with Gasteiger partial charge >= 0.3 is 6.16 Å². The number of hydrogen-bond acceptors (Lipinski definition) is 4. The monoisotopic (exact) mass is 534 g/mol. The first-order valence-electron chi connectivity index (χ1n) is 16.0. The summed E-state index contributed by atoms with van der Waals surface area (Å²) >= 11 is 0. The molecule has 0 fully saturated rings. The minimum atomic E-state index is -1.41. The van der Waals surface area contributed by atoms with Gasteiger partial charge in [-0.1, -0.05) is 130 Å². The lowest BCUT2D eigenvalue weighted by atomic mass is 9.94. The number of hydrogen-bond donors (Lipinski definition) is 2. The molecule has 0 aromatic heterocycles. The van der Waals surface area contributed by atoms with Crippen LogP contribution >= 0.6 is 0 Å². The van der Waals surface area contributed by atoms with Crippen molar-refractivity contribution < 1.29 is 24.5 Å². The number of carboxylic acid groups (broad SMARTS) is 1. The van der Waals surface area contributed by atoms with Gasteiger partial charge in [0, 0.05) is 5.56 Å². The van der Waals surface area contributed by atoms with Crippen molar-refractivity contribution in [3.05, 3.63) is 17.2 Å². The predicted molar refractivity (Wildman–Crippen MR) is 159 cm³/mol. The van der Waals surface area contributed by atoms with Gasteiger partial charge in [-0.05, 0) is 43.7 Å². The second kappa shape index (κ2) is 23.0. The molecule has 38 heavy (non-hydrogen) atoms. The van der Waals surface area contributed by atoms with Gasteiger partial charge in [-0.2, -0.15) is 0 Å². The van der Waals surface area contributed by atoms with E-state index < -0.39 is 6.16 Å². The SMILES string of the molecule is CCCCCCCCCc1cc(OC(=O)O)c(O)c(OCCCCCCCC)c1CCCCCCCCC. The highest BCUT2D eigenvalue weighted by Crippen LogP contribution is 2.43. The lowest BCUT2D eigenvalue weighted by molar-refractivity contribution is 0.142. The van der Waals surface area contributed by atoms with Gasteiger partial charge in [0.2, 0.25) is 5.75 Å². The van der Waals surface area contributed by atoms with Crippen molar-refractivity contribution in [2.24, 2.45) is 0 Å². The third-order valence-electron chi connectivity index (χ3n) is 7.44. The number of phenols is 1. The molecule has 0 spiro atoms. The Hall–Kier alpha value is -1.91. The van der Waals surface area contributed by atoms with Crippen LogP contribution in [0.5, 0.6) is 17.2 Å². The summed E-state index contributed by atoms with van der Waals surface area (Å²) in [5, 5.41) is 20.3. The van der Waals surface area contributed by atoms with E-state index in [0.717, 1.165) is 62.5 Å². The van der Waals surface area contributed by atoms with Crippen LogP contribution in [0.3, 0.4) is 0 Å². The number of carbonyl (C=O) groups is 1. The molecule has 0 aliphatic heterocycles. The third-order valence-corrected chi connectivity index (χ3v) is 7.44. The van der Waals surface area contributed by atoms with E-state index >= 15 is 0 Å². The largest absolute Gasteiger partial charge is 0.511 e. The van der Waals surface area contributed by atoms with Crippen LogP contribution in [0.1, 0.15) is 160 Å². The molecule has 0 amide bonds. The standard InChI is InChI=1S/C33H58O5/c1-4-7-10-13-16-18-21-24-28-27-30(38-33(35)36)31(34)32(37-26-23-20-15-12-9-6-3)29(28)25-22-19-17-14-11-8-5-2/h27,34H,4-26H2,1-3H3,(H,35,36). The summed E-state index contributed by atoms with van der Waals surface area (Å²) in [6, 6.07) is 1.74. The maximum Gasteiger partial charge on any atom is 0.511 e. The molecule has 5 nitrogen and oxygen atoms in total. The fourth-order valence-corrected chi connectivity index (χ4v) is 5.13. The van der Waals surface area contributed by atoms with Gasteiger partial charge in [0.1, 0.15) is 0 Å². The van der Waals surface area contributed by atoms with E-state index in [2.05, 4.69) is 20.8 Å². The summed E-state index contributed by atoms with van der Waals surface area (Å²) in [7, 11) is 0. The molecule has 0 unspecified atom stereocenters. The number of aromatic hydroxyl groups is 1. The zero-order valence-corrected chi connectivity index (χ0v) is 25.0. The van der Waals surface area contributed by atoms with Crippen molar-refractivity contribution in [2.75, 3.05) is 6.61 Å². The number of unbranched alkanes of at least 4 members (excludes halogenated alkanes) is 17. The number of ether oxygens (including phenoxy) is 2. The molecule has 1 aromatic carbocycles. The average Bonchev–Trinajstić information content (AvgIpc) is 2.90. The summed E-state index contributed by atoms with van der Waals surface area (Å²) < 4.78 is 11.2. The number of aryl methyl sites for hydroxylation is 1. The van der Waals surface area contributed by atoms with E-state index in [0.29, 0.717) is 12.4 Å². The first-order chi connectivity index (χ1) is 18.5. The Bertz CT molecular complexity index is 731. The van der Waals surface area contributed by atoms with E-state index in [4.69, 9.17) is 9.47 Å². The second-order valence-corrected chi connectivity index (χ2v) is 10.9. The van der Waals surface area contributed by atoms with Gasteiger partial charge in [-0.15, -0.1) is 0 Å². The van der Waals surface area contributed by atoms with Crippen LogP contribution in [-0.4, -0.2) is 23.0 Å². The minimum absolute atomic E-state index is 0.00305. The molecule has 0 radical (unpaired) electrons. The van der Waals surface area contributed by atoms with Crippen molar-refractivity contribution >= 4 is 6.16 Å². The highest BCUT2D eigenvalue weighted by molar-refractivity contribution is 5.67. The Balaban J connectivity index is 2.94. The number of benzene rings is 1. The summed E-state index contributed by atoms with van der Waals surface area (Å²) in [5.74, 6) is 0.276. The van der Waals surface area contributed by atoms with Gasteiger partial charge in [-0.3, -0.25) is 0 Å². The maximum absolute atomic E-state index is 11.3. The van der Waals surface area contributed by atoms with Crippen LogP contribution in [-0.2, 0) is 12.8 Å². The van der Waals surface area contributed by atoms with Gasteiger partial charge in [0.15, 0.2) is 11.5 Å². The quantitative estimate of drug-likeness (QED) is 0.0741. The fraction of sp³-hybridized carbons (Fsp3) is 0.788. The topological polar surface area (TPSA) is 76.0 Å². The minimum Gasteiger partial charge on any atom is -0.502 e. The van der Waals surface area contributed by atoms with E-state index in [1.54, 1.807) is 6.07 Å². The first kappa shape index (κ1) is 34.1. The van der Waals surface area contributed by atoms with Crippen molar-refractivity contribution in [2.45, 2.75) is 162 Å². The van der Waals surface area contributed by atoms with E-state index in [1.165, 1.54) is 89.9 Å². The van der Waals surface area contributed by atoms with Crippen LogP contribution in [0.15, 0.2) is 6.07 Å². The number of rotatable bonds is 25. The Morgan fingerprint density at radius 1 is 0.658 bits per heavy atom. The Morgan fingerprint density at radius 2 is 1.11 bits per heavy atom. The Labute approximate surface area is 233 Å². The fourth-order valence-electron chi connectivity index (χ4n) is 5.13. The molecule has 220 valence electrons. The van der Waals surface area contributed by atoms with Crippen LogP contribution in [0.25, 0.3) is 0 Å². The smallest absolute Gasteiger partial charge is 0.502 e. The highest BCUT2D eigenvalue weighted by atomic mass is 16.7. The Morgan fingerprint density at radius 3 is 1.61 bits per heavy atom. The third kappa shape index (κ3) is 15.5. The van der Waals surface area contributed by atoms with E-state index in [1.807, 2.05) is 0 Å². The zero-order valence-electron chi connectivity index (χ0n) is 25.0. The molecule has 5 heteroatoms. The van der Waals surface area contributed by atoms with Crippen LogP contribution in [0.2, 0.25) is 0 Å². The molecule has 2 N–H and O–H groups in total. The average molecular weight is 535 g/mol. The van der Waals surface area contributed by atoms with Crippen molar-refractivity contribution in [1.29, 1.82) is 0 Å². The maximum atomic E-state index is 11.3. The van der Waals surface area contributed by atoms with E-state index in [-0.39, 0.29) is 11.5 Å². The number of phenolic OH excluding ortho intramolecular Hbond substituents is 1. The predicted octanol–water partition coefficient (Wildman–Crippen LogP) is 10.8. The summed E-state index contributed by atoms with van der Waals surface area (Å²) in [6.07, 6.45) is 24.4. The van der Waals surface area contributed by atoms with E-state index in [9.17, 15) is 15.0 Å². The van der Waals surface area contributed by atoms with Crippen LogP contribution < -0.4 is 9.47 Å². The molecule has 0 heterocycles. The van der Waals surface area contributed by atoms with Crippen LogP contribution in [0.4, 0.5) is 4.79 Å². The molecule has 0 aliphatic rings. The first-order valence-corrected chi connectivity index (χ1v) is 16.0. The summed E-state index contributed by atoms with van der Waals surface area (Å²) in [6.45, 7) is 7.22. The summed E-state index contributed by atoms with van der Waals surface area (Å²) in [4.78, 5) is 11.3. The Kier molecular flexibility index (Phi) is 20.7. The molecular formula is C33H58O5. The normalized spacial score (nSPS) is 11.1. The lowest BCUT2D eigenvalue weighted by Crippen LogP contribution is -2.08. The lowest BCUT2D eigenvalue weighted by Gasteiger charge is -2.19. The van der Waals surface area contributed by atoms with Crippen molar-refractivity contribution in [3.63, 3.8) is 0 Å². The molecule has 0 aliphatic carbocycles. The zero-order chi connectivity index (χ0) is 27.8. The van der Waals surface area contributed by atoms with Crippen molar-refractivity contribution in [3.8, 4) is 17.2 Å².